The van der Waals surface area contributed by atoms with E-state index in [0.717, 1.165) is 11.0 Å². The molecule has 1 heterocycles. The number of fused-ring (bicyclic) bond motifs is 1. The first-order valence-electron chi connectivity index (χ1n) is 5.97. The van der Waals surface area contributed by atoms with Crippen LogP contribution in [-0.2, 0) is 0 Å². The number of halogens is 1. The van der Waals surface area contributed by atoms with Gasteiger partial charge in [0.25, 0.3) is 5.69 Å². The Labute approximate surface area is 119 Å². The zero-order chi connectivity index (χ0) is 14.3. The van der Waals surface area contributed by atoms with Crippen molar-refractivity contribution in [1.29, 1.82) is 0 Å². The van der Waals surface area contributed by atoms with Gasteiger partial charge in [-0.1, -0.05) is 29.8 Å². The second-order valence-electron chi connectivity index (χ2n) is 4.35. The van der Waals surface area contributed by atoms with Gasteiger partial charge in [-0.25, -0.2) is 4.98 Å². The van der Waals surface area contributed by atoms with E-state index in [1.165, 1.54) is 6.07 Å². The van der Waals surface area contributed by atoms with Crippen molar-refractivity contribution in [2.75, 3.05) is 0 Å². The Kier molecular flexibility index (Phi) is 2.91. The molecule has 0 bridgehead atoms. The first-order chi connectivity index (χ1) is 9.59. The van der Waals surface area contributed by atoms with Gasteiger partial charge < -0.3 is 0 Å². The van der Waals surface area contributed by atoms with Crippen LogP contribution in [0.1, 0.15) is 5.82 Å². The second kappa shape index (κ2) is 4.61. The van der Waals surface area contributed by atoms with Crippen LogP contribution >= 0.6 is 11.6 Å². The number of para-hydroxylation sites is 3. The molecule has 5 nitrogen and oxygen atoms in total. The first kappa shape index (κ1) is 12.6. The van der Waals surface area contributed by atoms with Crippen molar-refractivity contribution in [3.8, 4) is 5.69 Å². The van der Waals surface area contributed by atoms with Gasteiger partial charge in [-0.15, -0.1) is 0 Å². The smallest absolute Gasteiger partial charge is 0.289 e. The Morgan fingerprint density at radius 3 is 2.70 bits per heavy atom. The van der Waals surface area contributed by atoms with E-state index in [2.05, 4.69) is 4.98 Å². The molecule has 20 heavy (non-hydrogen) atoms. The molecular formula is C14H10ClN3O2. The summed E-state index contributed by atoms with van der Waals surface area (Å²) < 4.78 is 1.72. The van der Waals surface area contributed by atoms with Gasteiger partial charge in [0.05, 0.1) is 21.0 Å². The van der Waals surface area contributed by atoms with Gasteiger partial charge in [0.1, 0.15) is 11.5 Å². The number of hydrogen-bond donors (Lipinski definition) is 0. The predicted molar refractivity (Wildman–Crippen MR) is 77.5 cm³/mol. The Morgan fingerprint density at radius 2 is 1.95 bits per heavy atom. The van der Waals surface area contributed by atoms with E-state index in [4.69, 9.17) is 11.6 Å². The van der Waals surface area contributed by atoms with Crippen molar-refractivity contribution in [2.24, 2.45) is 0 Å². The number of rotatable bonds is 2. The van der Waals surface area contributed by atoms with Crippen LogP contribution in [0, 0.1) is 17.0 Å². The van der Waals surface area contributed by atoms with Crippen LogP contribution in [0.25, 0.3) is 16.7 Å². The predicted octanol–water partition coefficient (Wildman–Crippen LogP) is 3.90. The lowest BCUT2D eigenvalue weighted by atomic mass is 10.2. The number of imidazole rings is 1. The summed E-state index contributed by atoms with van der Waals surface area (Å²) in [5, 5.41) is 11.6. The third kappa shape index (κ3) is 1.83. The lowest BCUT2D eigenvalue weighted by Gasteiger charge is -2.09. The highest BCUT2D eigenvalue weighted by molar-refractivity contribution is 6.33. The number of nitro benzene ring substituents is 1. The Balaban J connectivity index is 2.42. The van der Waals surface area contributed by atoms with Crippen LogP contribution in [0.15, 0.2) is 42.5 Å². The van der Waals surface area contributed by atoms with Gasteiger partial charge in [-0.2, -0.15) is 0 Å². The van der Waals surface area contributed by atoms with Gasteiger partial charge in [0.2, 0.25) is 0 Å². The molecule has 0 aliphatic carbocycles. The molecule has 3 rings (SSSR count). The third-order valence-corrected chi connectivity index (χ3v) is 3.42. The van der Waals surface area contributed by atoms with Crippen LogP contribution in [-0.4, -0.2) is 14.5 Å². The topological polar surface area (TPSA) is 61.0 Å². The summed E-state index contributed by atoms with van der Waals surface area (Å²) in [5.74, 6) is 0.655. The van der Waals surface area contributed by atoms with E-state index in [1.807, 2.05) is 24.3 Å². The summed E-state index contributed by atoms with van der Waals surface area (Å²) in [6.07, 6.45) is 0. The molecule has 2 aromatic carbocycles. The van der Waals surface area contributed by atoms with Crippen molar-refractivity contribution in [3.05, 3.63) is 63.4 Å². The SMILES string of the molecule is Cc1nc2ccccc2n1-c1c(Cl)cccc1[N+](=O)[O-]. The van der Waals surface area contributed by atoms with Crippen molar-refractivity contribution < 1.29 is 4.92 Å². The quantitative estimate of drug-likeness (QED) is 0.530. The molecule has 6 heteroatoms. The maximum atomic E-state index is 11.2. The summed E-state index contributed by atoms with van der Waals surface area (Å²) in [7, 11) is 0. The first-order valence-corrected chi connectivity index (χ1v) is 6.35. The van der Waals surface area contributed by atoms with Crippen LogP contribution in [0.3, 0.4) is 0 Å². The van der Waals surface area contributed by atoms with Crippen LogP contribution < -0.4 is 0 Å². The zero-order valence-corrected chi connectivity index (χ0v) is 11.3. The molecular weight excluding hydrogens is 278 g/mol. The Hall–Kier alpha value is -2.40. The minimum Gasteiger partial charge on any atom is -0.289 e. The fourth-order valence-electron chi connectivity index (χ4n) is 2.30. The minimum atomic E-state index is -0.435. The largest absolute Gasteiger partial charge is 0.294 e. The molecule has 0 saturated carbocycles. The molecule has 0 amide bonds. The van der Waals surface area contributed by atoms with Gasteiger partial charge >= 0.3 is 0 Å². The average molecular weight is 288 g/mol. The fourth-order valence-corrected chi connectivity index (χ4v) is 2.56. The summed E-state index contributed by atoms with van der Waals surface area (Å²) >= 11 is 6.18. The number of hydrogen-bond acceptors (Lipinski definition) is 3. The van der Waals surface area contributed by atoms with E-state index >= 15 is 0 Å². The summed E-state index contributed by atoms with van der Waals surface area (Å²) in [6.45, 7) is 1.80. The molecule has 100 valence electrons. The van der Waals surface area contributed by atoms with Crippen molar-refractivity contribution >= 4 is 28.3 Å². The van der Waals surface area contributed by atoms with Gasteiger partial charge in [0, 0.05) is 6.07 Å². The lowest BCUT2D eigenvalue weighted by Crippen LogP contribution is -2.02. The second-order valence-corrected chi connectivity index (χ2v) is 4.76. The minimum absolute atomic E-state index is 0.0382. The van der Waals surface area contributed by atoms with Crippen LogP contribution in [0.2, 0.25) is 5.02 Å². The van der Waals surface area contributed by atoms with E-state index < -0.39 is 4.92 Å². The number of benzene rings is 2. The lowest BCUT2D eigenvalue weighted by molar-refractivity contribution is -0.384. The fraction of sp³-hybridized carbons (Fsp3) is 0.0714. The van der Waals surface area contributed by atoms with E-state index in [0.29, 0.717) is 16.5 Å². The van der Waals surface area contributed by atoms with Crippen molar-refractivity contribution in [2.45, 2.75) is 6.92 Å². The third-order valence-electron chi connectivity index (χ3n) is 3.11. The summed E-state index contributed by atoms with van der Waals surface area (Å²) in [4.78, 5) is 15.2. The molecule has 0 spiro atoms. The number of nitrogens with zero attached hydrogens (tertiary/aromatic N) is 3. The highest BCUT2D eigenvalue weighted by Crippen LogP contribution is 2.33. The highest BCUT2D eigenvalue weighted by atomic mass is 35.5. The zero-order valence-electron chi connectivity index (χ0n) is 10.6. The molecule has 0 aliphatic heterocycles. The monoisotopic (exact) mass is 287 g/mol. The average Bonchev–Trinajstić information content (AvgIpc) is 2.74. The van der Waals surface area contributed by atoms with Crippen LogP contribution in [0.4, 0.5) is 5.69 Å². The van der Waals surface area contributed by atoms with Gasteiger partial charge in [-0.3, -0.25) is 14.7 Å². The van der Waals surface area contributed by atoms with Crippen molar-refractivity contribution in [3.63, 3.8) is 0 Å². The molecule has 0 radical (unpaired) electrons. The molecule has 0 aliphatic rings. The van der Waals surface area contributed by atoms with Crippen LogP contribution in [0.5, 0.6) is 0 Å². The van der Waals surface area contributed by atoms with E-state index in [1.54, 1.807) is 23.6 Å². The highest BCUT2D eigenvalue weighted by Gasteiger charge is 2.21. The number of aromatic nitrogens is 2. The molecule has 0 atom stereocenters. The summed E-state index contributed by atoms with van der Waals surface area (Å²) in [6, 6.07) is 12.1. The van der Waals surface area contributed by atoms with Gasteiger partial charge in [-0.05, 0) is 25.1 Å². The molecule has 0 saturated heterocycles. The normalized spacial score (nSPS) is 10.9. The van der Waals surface area contributed by atoms with Gasteiger partial charge in [0.15, 0.2) is 0 Å². The number of aryl methyl sites for hydroxylation is 1. The van der Waals surface area contributed by atoms with E-state index in [-0.39, 0.29) is 5.69 Å². The number of nitro groups is 1. The van der Waals surface area contributed by atoms with Crippen molar-refractivity contribution in [1.82, 2.24) is 9.55 Å². The molecule has 0 unspecified atom stereocenters. The molecule has 1 aromatic heterocycles. The summed E-state index contributed by atoms with van der Waals surface area (Å²) in [5.41, 5.74) is 1.88. The molecule has 0 fully saturated rings. The maximum absolute atomic E-state index is 11.2. The molecule has 3 aromatic rings. The standard InChI is InChI=1S/C14H10ClN3O2/c1-9-16-11-6-2-3-7-12(11)17(9)14-10(15)5-4-8-13(14)18(19)20/h2-8H,1H3. The Bertz CT molecular complexity index is 826. The molecule has 0 N–H and O–H groups in total. The Morgan fingerprint density at radius 1 is 1.20 bits per heavy atom. The maximum Gasteiger partial charge on any atom is 0.294 e. The van der Waals surface area contributed by atoms with E-state index in [9.17, 15) is 10.1 Å².